The van der Waals surface area contributed by atoms with E-state index in [9.17, 15) is 0 Å². The largest absolute Gasteiger partial charge is 0.320 e. The average Bonchev–Trinajstić information content (AvgIpc) is 3.29. The molecule has 0 aliphatic heterocycles. The zero-order valence-electron chi connectivity index (χ0n) is 16.5. The topological polar surface area (TPSA) is 54.2 Å². The van der Waals surface area contributed by atoms with E-state index in [-0.39, 0.29) is 0 Å². The lowest BCUT2D eigenvalue weighted by atomic mass is 10.1. The highest BCUT2D eigenvalue weighted by Crippen LogP contribution is 2.38. The van der Waals surface area contributed by atoms with Crippen molar-refractivity contribution in [3.05, 3.63) is 69.8 Å². The van der Waals surface area contributed by atoms with Gasteiger partial charge in [-0.15, -0.1) is 11.3 Å². The van der Waals surface area contributed by atoms with Crippen LogP contribution in [0.2, 0.25) is 0 Å². The second-order valence-corrected chi connectivity index (χ2v) is 8.46. The smallest absolute Gasteiger partial charge is 0.143 e. The number of pyridine rings is 1. The van der Waals surface area contributed by atoms with E-state index in [0.717, 1.165) is 54.9 Å². The first kappa shape index (κ1) is 19.8. The van der Waals surface area contributed by atoms with Crippen LogP contribution in [0.1, 0.15) is 24.4 Å². The highest BCUT2D eigenvalue weighted by Gasteiger charge is 2.21. The Morgan fingerprint density at radius 1 is 1.17 bits per heavy atom. The first-order valence-corrected chi connectivity index (χ1v) is 11.1. The third kappa shape index (κ3) is 3.85. The van der Waals surface area contributed by atoms with E-state index in [0.29, 0.717) is 0 Å². The normalized spacial score (nSPS) is 11.9. The van der Waals surface area contributed by atoms with Crippen molar-refractivity contribution in [2.75, 3.05) is 6.54 Å². The number of halogens is 1. The minimum atomic E-state index is 0.823. The van der Waals surface area contributed by atoms with Crippen molar-refractivity contribution in [2.45, 2.75) is 20.8 Å². The minimum Gasteiger partial charge on any atom is -0.320 e. The summed E-state index contributed by atoms with van der Waals surface area (Å²) in [6, 6.07) is 14.3. The molecule has 0 atom stereocenters. The van der Waals surface area contributed by atoms with Gasteiger partial charge in [-0.05, 0) is 41.9 Å². The van der Waals surface area contributed by atoms with Gasteiger partial charge in [0.2, 0.25) is 0 Å². The molecule has 4 rings (SSSR count). The van der Waals surface area contributed by atoms with Crippen LogP contribution >= 0.6 is 27.3 Å². The van der Waals surface area contributed by atoms with Crippen molar-refractivity contribution >= 4 is 38.6 Å². The Bertz CT molecular complexity index is 1180. The van der Waals surface area contributed by atoms with Crippen molar-refractivity contribution in [3.8, 4) is 22.0 Å². The van der Waals surface area contributed by atoms with Crippen molar-refractivity contribution in [3.63, 3.8) is 0 Å². The summed E-state index contributed by atoms with van der Waals surface area (Å²) in [5, 5.41) is 0.944. The maximum Gasteiger partial charge on any atom is 0.143 e. The number of benzene rings is 1. The zero-order chi connectivity index (χ0) is 20.4. The van der Waals surface area contributed by atoms with Gasteiger partial charge in [0.1, 0.15) is 16.3 Å². The molecular weight excluding hydrogens is 446 g/mol. The molecule has 0 bridgehead atoms. The van der Waals surface area contributed by atoms with Crippen molar-refractivity contribution in [2.24, 2.45) is 0 Å². The quantitative estimate of drug-likeness (QED) is 0.358. The Kier molecular flexibility index (Phi) is 5.80. The summed E-state index contributed by atoms with van der Waals surface area (Å²) in [6.07, 6.45) is 4.12. The molecule has 0 aliphatic carbocycles. The molecule has 0 fully saturated rings. The van der Waals surface area contributed by atoms with E-state index in [1.807, 2.05) is 50.4 Å². The number of hydrogen-bond acceptors (Lipinski definition) is 5. The second-order valence-electron chi connectivity index (χ2n) is 6.54. The molecular formula is C22H22BrN5S. The van der Waals surface area contributed by atoms with Crippen LogP contribution in [0.4, 0.5) is 0 Å². The summed E-state index contributed by atoms with van der Waals surface area (Å²) in [5.74, 6) is 0. The van der Waals surface area contributed by atoms with Crippen LogP contribution in [-0.2, 0) is 0 Å². The number of nitrogens with one attached hydrogen (secondary N) is 2. The number of aryl methyl sites for hydroxylation is 1. The van der Waals surface area contributed by atoms with Crippen molar-refractivity contribution in [1.29, 1.82) is 0 Å². The summed E-state index contributed by atoms with van der Waals surface area (Å²) in [5.41, 5.74) is 12.5. The lowest BCUT2D eigenvalue weighted by molar-refractivity contribution is 0.670. The maximum absolute atomic E-state index is 5.07. The molecule has 4 aromatic rings. The standard InChI is InChI=1S/C22H22BrN5S/c1-4-17(27-24-5-2)21-19(15-9-7-6-8-10-15)26-22(29-21)20-14(3)25-18-12-11-16(23)13-28(18)20/h4,6-13,24,27H,5H2,1-3H3. The molecule has 2 N–H and O–H groups in total. The SMILES string of the molecule is CC=C(NNCC)c1sc(-c2c(C)nc3ccc(Br)cn23)nc1-c1ccccc1. The fourth-order valence-electron chi connectivity index (χ4n) is 3.23. The van der Waals surface area contributed by atoms with Crippen molar-refractivity contribution < 1.29 is 0 Å². The summed E-state index contributed by atoms with van der Waals surface area (Å²) >= 11 is 5.25. The second kappa shape index (κ2) is 8.49. The summed E-state index contributed by atoms with van der Waals surface area (Å²) in [7, 11) is 0. The van der Waals surface area contributed by atoms with Gasteiger partial charge in [-0.25, -0.2) is 15.4 Å². The minimum absolute atomic E-state index is 0.823. The van der Waals surface area contributed by atoms with Crippen LogP contribution in [0.5, 0.6) is 0 Å². The molecule has 3 heterocycles. The molecule has 1 aromatic carbocycles. The number of imidazole rings is 1. The Hall–Kier alpha value is -2.48. The van der Waals surface area contributed by atoms with Crippen LogP contribution in [-0.4, -0.2) is 20.9 Å². The van der Waals surface area contributed by atoms with Crippen LogP contribution in [0, 0.1) is 6.92 Å². The Morgan fingerprint density at radius 2 is 1.97 bits per heavy atom. The van der Waals surface area contributed by atoms with E-state index < -0.39 is 0 Å². The molecule has 0 aliphatic rings. The lowest BCUT2D eigenvalue weighted by Gasteiger charge is -2.10. The van der Waals surface area contributed by atoms with E-state index in [4.69, 9.17) is 9.97 Å². The lowest BCUT2D eigenvalue weighted by Crippen LogP contribution is -2.29. The molecule has 3 aromatic heterocycles. The molecule has 0 radical (unpaired) electrons. The summed E-state index contributed by atoms with van der Waals surface area (Å²) < 4.78 is 3.11. The fraction of sp³-hybridized carbons (Fsp3) is 0.182. The number of hydrazine groups is 1. The molecule has 0 unspecified atom stereocenters. The van der Waals surface area contributed by atoms with Gasteiger partial charge in [0.15, 0.2) is 0 Å². The Morgan fingerprint density at radius 3 is 2.69 bits per heavy atom. The van der Waals surface area contributed by atoms with E-state index in [1.54, 1.807) is 11.3 Å². The highest BCUT2D eigenvalue weighted by molar-refractivity contribution is 9.10. The average molecular weight is 468 g/mol. The van der Waals surface area contributed by atoms with Gasteiger partial charge >= 0.3 is 0 Å². The zero-order valence-corrected chi connectivity index (χ0v) is 18.9. The predicted octanol–water partition coefficient (Wildman–Crippen LogP) is 5.67. The summed E-state index contributed by atoms with van der Waals surface area (Å²) in [6.45, 7) is 6.96. The van der Waals surface area contributed by atoms with Crippen LogP contribution < -0.4 is 10.9 Å². The van der Waals surface area contributed by atoms with Crippen LogP contribution in [0.3, 0.4) is 0 Å². The van der Waals surface area contributed by atoms with Gasteiger partial charge in [-0.3, -0.25) is 4.40 Å². The number of fused-ring (bicyclic) bond motifs is 1. The predicted molar refractivity (Wildman–Crippen MR) is 125 cm³/mol. The highest BCUT2D eigenvalue weighted by atomic mass is 79.9. The van der Waals surface area contributed by atoms with E-state index in [1.165, 1.54) is 0 Å². The third-order valence-electron chi connectivity index (χ3n) is 4.57. The Balaban J connectivity index is 1.93. The van der Waals surface area contributed by atoms with Crippen LogP contribution in [0.15, 0.2) is 59.2 Å². The third-order valence-corrected chi connectivity index (χ3v) is 6.13. The van der Waals surface area contributed by atoms with Gasteiger partial charge in [-0.2, -0.15) is 0 Å². The first-order chi connectivity index (χ1) is 14.1. The number of aromatic nitrogens is 3. The number of hydrogen-bond donors (Lipinski definition) is 2. The molecule has 7 heteroatoms. The molecule has 29 heavy (non-hydrogen) atoms. The van der Waals surface area contributed by atoms with Crippen LogP contribution in [0.25, 0.3) is 33.3 Å². The first-order valence-electron chi connectivity index (χ1n) is 9.48. The van der Waals surface area contributed by atoms with Crippen molar-refractivity contribution in [1.82, 2.24) is 25.2 Å². The number of nitrogens with zero attached hydrogens (tertiary/aromatic N) is 3. The van der Waals surface area contributed by atoms with E-state index in [2.05, 4.69) is 56.3 Å². The van der Waals surface area contributed by atoms with Gasteiger partial charge in [0.25, 0.3) is 0 Å². The maximum atomic E-state index is 5.07. The number of allylic oxidation sites excluding steroid dienone is 1. The molecule has 0 amide bonds. The Labute approximate surface area is 182 Å². The summed E-state index contributed by atoms with van der Waals surface area (Å²) in [4.78, 5) is 10.9. The van der Waals surface area contributed by atoms with E-state index >= 15 is 0 Å². The molecule has 0 spiro atoms. The fourth-order valence-corrected chi connectivity index (χ4v) is 4.78. The monoisotopic (exact) mass is 467 g/mol. The molecule has 0 saturated heterocycles. The molecule has 0 saturated carbocycles. The van der Waals surface area contributed by atoms with Gasteiger partial charge in [0.05, 0.1) is 22.0 Å². The van der Waals surface area contributed by atoms with Gasteiger partial charge in [0, 0.05) is 22.8 Å². The van der Waals surface area contributed by atoms with Gasteiger partial charge < -0.3 is 5.43 Å². The molecule has 5 nitrogen and oxygen atoms in total. The number of rotatable bonds is 6. The molecule has 148 valence electrons. The number of thiazole rings is 1. The van der Waals surface area contributed by atoms with Gasteiger partial charge in [-0.1, -0.05) is 43.3 Å².